The van der Waals surface area contributed by atoms with Gasteiger partial charge in [0.25, 0.3) is 0 Å². The van der Waals surface area contributed by atoms with Gasteiger partial charge in [-0.05, 0) is 13.5 Å². The van der Waals surface area contributed by atoms with Gasteiger partial charge in [-0.3, -0.25) is 9.69 Å². The second-order valence-electron chi connectivity index (χ2n) is 4.52. The van der Waals surface area contributed by atoms with Crippen molar-refractivity contribution in [3.05, 3.63) is 28.2 Å². The van der Waals surface area contributed by atoms with Crippen LogP contribution in [0.1, 0.15) is 12.1 Å². The van der Waals surface area contributed by atoms with Gasteiger partial charge in [0.1, 0.15) is 0 Å². The summed E-state index contributed by atoms with van der Waals surface area (Å²) in [6, 6.07) is 1.44. The van der Waals surface area contributed by atoms with Crippen molar-refractivity contribution in [2.24, 2.45) is 0 Å². The van der Waals surface area contributed by atoms with Crippen LogP contribution in [0, 0.1) is 0 Å². The van der Waals surface area contributed by atoms with Crippen LogP contribution in [0.25, 0.3) is 0 Å². The summed E-state index contributed by atoms with van der Waals surface area (Å²) in [5.41, 5.74) is 0.435. The van der Waals surface area contributed by atoms with E-state index in [9.17, 15) is 9.90 Å². The Morgan fingerprint density at radius 1 is 1.47 bits per heavy atom. The topological polar surface area (TPSA) is 74.9 Å². The third-order valence-electron chi connectivity index (χ3n) is 2.86. The van der Waals surface area contributed by atoms with Gasteiger partial charge in [-0.25, -0.2) is 0 Å². The van der Waals surface area contributed by atoms with E-state index in [-0.39, 0.29) is 17.8 Å². The normalized spacial score (nSPS) is 11.2. The molecule has 0 spiro atoms. The number of aromatic hydroxyl groups is 1. The van der Waals surface area contributed by atoms with Crippen LogP contribution < -0.4 is 5.43 Å². The number of nitrogens with zero attached hydrogens (tertiary/aromatic N) is 2. The summed E-state index contributed by atoms with van der Waals surface area (Å²) in [4.78, 5) is 13.4. The van der Waals surface area contributed by atoms with Crippen molar-refractivity contribution in [1.29, 1.82) is 0 Å². The molecule has 0 aliphatic rings. The van der Waals surface area contributed by atoms with E-state index < -0.39 is 0 Å². The molecule has 19 heavy (non-hydrogen) atoms. The number of hydrogen-bond donors (Lipinski definition) is 2. The summed E-state index contributed by atoms with van der Waals surface area (Å²) in [7, 11) is 3.51. The second-order valence-corrected chi connectivity index (χ2v) is 4.52. The van der Waals surface area contributed by atoms with Gasteiger partial charge in [-0.1, -0.05) is 0 Å². The van der Waals surface area contributed by atoms with Crippen LogP contribution in [-0.2, 0) is 17.8 Å². The first-order valence-corrected chi connectivity index (χ1v) is 6.29. The fourth-order valence-corrected chi connectivity index (χ4v) is 1.85. The van der Waals surface area contributed by atoms with Gasteiger partial charge in [0.2, 0.25) is 5.43 Å². The van der Waals surface area contributed by atoms with E-state index in [0.29, 0.717) is 26.2 Å². The van der Waals surface area contributed by atoms with Gasteiger partial charge in [-0.2, -0.15) is 0 Å². The number of aliphatic hydroxyl groups excluding tert-OH is 1. The Bertz CT molecular complexity index is 445. The Hall–Kier alpha value is -1.37. The minimum Gasteiger partial charge on any atom is -0.503 e. The average Bonchev–Trinajstić information content (AvgIpc) is 2.35. The molecule has 1 aromatic rings. The zero-order valence-electron chi connectivity index (χ0n) is 11.5. The molecular formula is C13H22N2O4. The Kier molecular flexibility index (Phi) is 6.55. The summed E-state index contributed by atoms with van der Waals surface area (Å²) >= 11 is 0. The second kappa shape index (κ2) is 7.93. The zero-order chi connectivity index (χ0) is 14.3. The van der Waals surface area contributed by atoms with E-state index in [4.69, 9.17) is 9.84 Å². The highest BCUT2D eigenvalue weighted by atomic mass is 16.5. The number of aliphatic hydroxyl groups is 1. The molecular weight excluding hydrogens is 248 g/mol. The van der Waals surface area contributed by atoms with E-state index in [1.54, 1.807) is 7.11 Å². The van der Waals surface area contributed by atoms with Crippen LogP contribution in [0.3, 0.4) is 0 Å². The third kappa shape index (κ3) is 5.02. The quantitative estimate of drug-likeness (QED) is 0.651. The van der Waals surface area contributed by atoms with Crippen LogP contribution >= 0.6 is 0 Å². The fourth-order valence-electron chi connectivity index (χ4n) is 1.85. The van der Waals surface area contributed by atoms with E-state index in [1.807, 2.05) is 16.5 Å². The number of pyridine rings is 1. The van der Waals surface area contributed by atoms with Crippen molar-refractivity contribution in [2.75, 3.05) is 33.9 Å². The van der Waals surface area contributed by atoms with Gasteiger partial charge in [0.05, 0.1) is 12.8 Å². The molecule has 0 aliphatic heterocycles. The lowest BCUT2D eigenvalue weighted by molar-refractivity contribution is 0.188. The van der Waals surface area contributed by atoms with Gasteiger partial charge >= 0.3 is 0 Å². The molecule has 0 saturated heterocycles. The van der Waals surface area contributed by atoms with Gasteiger partial charge < -0.3 is 19.5 Å². The minimum atomic E-state index is -0.379. The molecule has 6 nitrogen and oxygen atoms in total. The Balaban J connectivity index is 2.86. The van der Waals surface area contributed by atoms with Crippen molar-refractivity contribution in [3.63, 3.8) is 0 Å². The summed E-state index contributed by atoms with van der Waals surface area (Å²) in [5.74, 6) is -0.244. The molecule has 0 aliphatic carbocycles. The molecule has 1 aromatic heterocycles. The van der Waals surface area contributed by atoms with Gasteiger partial charge in [0, 0.05) is 45.1 Å². The van der Waals surface area contributed by atoms with E-state index in [2.05, 4.69) is 0 Å². The maximum Gasteiger partial charge on any atom is 0.223 e. The van der Waals surface area contributed by atoms with Gasteiger partial charge in [0.15, 0.2) is 5.75 Å². The van der Waals surface area contributed by atoms with Crippen molar-refractivity contribution in [3.8, 4) is 5.75 Å². The predicted octanol–water partition coefficient (Wildman–Crippen LogP) is 0.0145. The summed E-state index contributed by atoms with van der Waals surface area (Å²) < 4.78 is 6.85. The first-order chi connectivity index (χ1) is 9.08. The molecule has 1 heterocycles. The van der Waals surface area contributed by atoms with E-state index >= 15 is 0 Å². The molecule has 0 unspecified atom stereocenters. The summed E-state index contributed by atoms with van der Waals surface area (Å²) in [6.07, 6.45) is 2.26. The van der Waals surface area contributed by atoms with Crippen LogP contribution in [0.5, 0.6) is 5.75 Å². The highest BCUT2D eigenvalue weighted by molar-refractivity contribution is 5.20. The standard InChI is InChI=1S/C13H22N2O4/c1-14(5-6-16)9-11-8-12(17)13(18)10-15(11)4-3-7-19-2/h8,10,16,18H,3-7,9H2,1-2H3. The Labute approximate surface area is 112 Å². The zero-order valence-corrected chi connectivity index (χ0v) is 11.5. The fraction of sp³-hybridized carbons (Fsp3) is 0.615. The van der Waals surface area contributed by atoms with E-state index in [1.165, 1.54) is 12.3 Å². The summed E-state index contributed by atoms with van der Waals surface area (Å²) in [5, 5.41) is 18.4. The molecule has 0 radical (unpaired) electrons. The van der Waals surface area contributed by atoms with E-state index in [0.717, 1.165) is 12.1 Å². The first-order valence-electron chi connectivity index (χ1n) is 6.29. The molecule has 6 heteroatoms. The first kappa shape index (κ1) is 15.7. The maximum absolute atomic E-state index is 11.5. The Morgan fingerprint density at radius 3 is 2.84 bits per heavy atom. The number of rotatable bonds is 8. The number of aromatic nitrogens is 1. The molecule has 108 valence electrons. The molecule has 0 aromatic carbocycles. The SMILES string of the molecule is COCCCn1cc(O)c(=O)cc1CN(C)CCO. The highest BCUT2D eigenvalue weighted by Gasteiger charge is 2.08. The molecule has 0 atom stereocenters. The van der Waals surface area contributed by atoms with Crippen molar-refractivity contribution < 1.29 is 14.9 Å². The number of hydrogen-bond acceptors (Lipinski definition) is 5. The van der Waals surface area contributed by atoms with Crippen LogP contribution in [0.15, 0.2) is 17.1 Å². The monoisotopic (exact) mass is 270 g/mol. The van der Waals surface area contributed by atoms with Crippen molar-refractivity contribution >= 4 is 0 Å². The predicted molar refractivity (Wildman–Crippen MR) is 72.3 cm³/mol. The lowest BCUT2D eigenvalue weighted by Crippen LogP contribution is -2.25. The molecule has 0 saturated carbocycles. The molecule has 0 bridgehead atoms. The number of likely N-dealkylation sites (N-methyl/N-ethyl adjacent to an activating group) is 1. The number of methoxy groups -OCH3 is 1. The lowest BCUT2D eigenvalue weighted by atomic mass is 10.2. The molecule has 0 fully saturated rings. The smallest absolute Gasteiger partial charge is 0.223 e. The average molecular weight is 270 g/mol. The third-order valence-corrected chi connectivity index (χ3v) is 2.86. The van der Waals surface area contributed by atoms with Gasteiger partial charge in [-0.15, -0.1) is 0 Å². The van der Waals surface area contributed by atoms with Crippen LogP contribution in [0.4, 0.5) is 0 Å². The largest absolute Gasteiger partial charge is 0.503 e. The maximum atomic E-state index is 11.5. The Morgan fingerprint density at radius 2 is 2.21 bits per heavy atom. The van der Waals surface area contributed by atoms with Crippen molar-refractivity contribution in [1.82, 2.24) is 9.47 Å². The van der Waals surface area contributed by atoms with Crippen molar-refractivity contribution in [2.45, 2.75) is 19.5 Å². The highest BCUT2D eigenvalue weighted by Crippen LogP contribution is 2.08. The molecule has 1 rings (SSSR count). The molecule has 0 amide bonds. The number of ether oxygens (including phenoxy) is 1. The minimum absolute atomic E-state index is 0.0719. The van der Waals surface area contributed by atoms with Crippen LogP contribution in [0.2, 0.25) is 0 Å². The number of aryl methyl sites for hydroxylation is 1. The summed E-state index contributed by atoms with van der Waals surface area (Å²) in [6.45, 7) is 2.45. The van der Waals surface area contributed by atoms with Crippen LogP contribution in [-0.4, -0.2) is 53.6 Å². The lowest BCUT2D eigenvalue weighted by Gasteiger charge is -2.19. The molecule has 2 N–H and O–H groups in total.